The SMILES string of the molecule is C/C(=N\NC(=O)c1cccc(S(=O)(=O)N2CCCC2)c1)c1ccc(Cl)c(Cl)c1. The third-order valence-electron chi connectivity index (χ3n) is 4.46. The minimum Gasteiger partial charge on any atom is -0.267 e. The Kier molecular flexibility index (Phi) is 6.40. The Morgan fingerprint density at radius 3 is 2.43 bits per heavy atom. The summed E-state index contributed by atoms with van der Waals surface area (Å²) in [4.78, 5) is 12.5. The number of nitrogens with zero attached hydrogens (tertiary/aromatic N) is 2. The third kappa shape index (κ3) is 4.55. The first-order valence-electron chi connectivity index (χ1n) is 8.69. The van der Waals surface area contributed by atoms with Crippen LogP contribution in [0.15, 0.2) is 52.5 Å². The van der Waals surface area contributed by atoms with Crippen molar-refractivity contribution in [2.24, 2.45) is 5.10 Å². The van der Waals surface area contributed by atoms with Gasteiger partial charge in [0.1, 0.15) is 0 Å². The van der Waals surface area contributed by atoms with Crippen molar-refractivity contribution in [3.8, 4) is 0 Å². The first-order chi connectivity index (χ1) is 13.3. The van der Waals surface area contributed by atoms with E-state index in [0.717, 1.165) is 12.8 Å². The van der Waals surface area contributed by atoms with Crippen LogP contribution in [-0.4, -0.2) is 37.4 Å². The highest BCUT2D eigenvalue weighted by molar-refractivity contribution is 7.89. The molecule has 1 saturated heterocycles. The second-order valence-corrected chi connectivity index (χ2v) is 9.16. The lowest BCUT2D eigenvalue weighted by atomic mass is 10.1. The fraction of sp³-hybridized carbons (Fsp3) is 0.263. The van der Waals surface area contributed by atoms with Crippen LogP contribution in [0, 0.1) is 0 Å². The number of sulfonamides is 1. The molecule has 0 radical (unpaired) electrons. The summed E-state index contributed by atoms with van der Waals surface area (Å²) in [6, 6.07) is 11.0. The van der Waals surface area contributed by atoms with Crippen molar-refractivity contribution in [3.05, 3.63) is 63.6 Å². The van der Waals surface area contributed by atoms with Gasteiger partial charge in [-0.3, -0.25) is 4.79 Å². The van der Waals surface area contributed by atoms with Gasteiger partial charge < -0.3 is 0 Å². The van der Waals surface area contributed by atoms with Crippen LogP contribution in [-0.2, 0) is 10.0 Å². The van der Waals surface area contributed by atoms with Crippen molar-refractivity contribution in [1.29, 1.82) is 0 Å². The Bertz CT molecular complexity index is 1030. The summed E-state index contributed by atoms with van der Waals surface area (Å²) >= 11 is 11.9. The van der Waals surface area contributed by atoms with Crippen LogP contribution < -0.4 is 5.43 Å². The van der Waals surface area contributed by atoms with Crippen LogP contribution >= 0.6 is 23.2 Å². The molecule has 1 fully saturated rings. The molecule has 0 aromatic heterocycles. The van der Waals surface area contributed by atoms with Crippen molar-refractivity contribution < 1.29 is 13.2 Å². The fourth-order valence-corrected chi connectivity index (χ4v) is 4.72. The minimum absolute atomic E-state index is 0.104. The van der Waals surface area contributed by atoms with Gasteiger partial charge in [-0.25, -0.2) is 13.8 Å². The number of hydrazone groups is 1. The van der Waals surface area contributed by atoms with Crippen LogP contribution in [0.3, 0.4) is 0 Å². The van der Waals surface area contributed by atoms with E-state index >= 15 is 0 Å². The van der Waals surface area contributed by atoms with Gasteiger partial charge in [0.15, 0.2) is 0 Å². The lowest BCUT2D eigenvalue weighted by Crippen LogP contribution is -2.28. The van der Waals surface area contributed by atoms with Gasteiger partial charge in [0, 0.05) is 18.7 Å². The normalized spacial score (nSPS) is 15.6. The first-order valence-corrected chi connectivity index (χ1v) is 10.9. The molecule has 28 heavy (non-hydrogen) atoms. The van der Waals surface area contributed by atoms with E-state index < -0.39 is 15.9 Å². The molecule has 0 aliphatic carbocycles. The van der Waals surface area contributed by atoms with Gasteiger partial charge in [-0.2, -0.15) is 9.41 Å². The van der Waals surface area contributed by atoms with Crippen LogP contribution in [0.1, 0.15) is 35.7 Å². The fourth-order valence-electron chi connectivity index (χ4n) is 2.86. The highest BCUT2D eigenvalue weighted by Gasteiger charge is 2.27. The highest BCUT2D eigenvalue weighted by Crippen LogP contribution is 2.23. The van der Waals surface area contributed by atoms with Crippen molar-refractivity contribution >= 4 is 44.8 Å². The topological polar surface area (TPSA) is 78.8 Å². The van der Waals surface area contributed by atoms with Gasteiger partial charge >= 0.3 is 0 Å². The van der Waals surface area contributed by atoms with Gasteiger partial charge in [-0.15, -0.1) is 0 Å². The van der Waals surface area contributed by atoms with Crippen LogP contribution in [0.25, 0.3) is 0 Å². The molecule has 0 bridgehead atoms. The van der Waals surface area contributed by atoms with E-state index in [0.29, 0.717) is 34.4 Å². The van der Waals surface area contributed by atoms with E-state index in [1.807, 2.05) is 0 Å². The molecule has 0 unspecified atom stereocenters. The molecule has 1 aliphatic rings. The zero-order valence-electron chi connectivity index (χ0n) is 15.2. The molecule has 9 heteroatoms. The molecule has 1 N–H and O–H groups in total. The molecule has 3 rings (SSSR count). The van der Waals surface area contributed by atoms with E-state index in [-0.39, 0.29) is 10.5 Å². The summed E-state index contributed by atoms with van der Waals surface area (Å²) in [7, 11) is -3.59. The number of benzene rings is 2. The predicted octanol–water partition coefficient (Wildman–Crippen LogP) is 3.93. The van der Waals surface area contributed by atoms with Gasteiger partial charge in [0.2, 0.25) is 10.0 Å². The molecule has 0 saturated carbocycles. The number of hydrogen-bond acceptors (Lipinski definition) is 4. The molecule has 0 atom stereocenters. The maximum absolute atomic E-state index is 12.7. The Morgan fingerprint density at radius 2 is 1.75 bits per heavy atom. The third-order valence-corrected chi connectivity index (χ3v) is 7.10. The average Bonchev–Trinajstić information content (AvgIpc) is 3.24. The molecule has 2 aromatic rings. The van der Waals surface area contributed by atoms with Gasteiger partial charge in [0.05, 0.1) is 20.7 Å². The van der Waals surface area contributed by atoms with E-state index in [9.17, 15) is 13.2 Å². The second kappa shape index (κ2) is 8.61. The molecule has 6 nitrogen and oxygen atoms in total. The molecule has 0 spiro atoms. The van der Waals surface area contributed by atoms with Gasteiger partial charge in [-0.1, -0.05) is 35.3 Å². The lowest BCUT2D eigenvalue weighted by molar-refractivity contribution is 0.0954. The molecule has 2 aromatic carbocycles. The maximum Gasteiger partial charge on any atom is 0.271 e. The van der Waals surface area contributed by atoms with E-state index in [4.69, 9.17) is 23.2 Å². The minimum atomic E-state index is -3.59. The summed E-state index contributed by atoms with van der Waals surface area (Å²) in [6.45, 7) is 2.73. The lowest BCUT2D eigenvalue weighted by Gasteiger charge is -2.15. The molecular formula is C19H19Cl2N3O3S. The predicted molar refractivity (Wildman–Crippen MR) is 111 cm³/mol. The van der Waals surface area contributed by atoms with Crippen molar-refractivity contribution in [3.63, 3.8) is 0 Å². The Labute approximate surface area is 174 Å². The molecule has 1 aliphatic heterocycles. The van der Waals surface area contributed by atoms with Crippen LogP contribution in [0.4, 0.5) is 0 Å². The molecule has 148 valence electrons. The largest absolute Gasteiger partial charge is 0.271 e. The number of carbonyl (C=O) groups is 1. The standard InChI is InChI=1S/C19H19Cl2N3O3S/c1-13(14-7-8-17(20)18(21)12-14)22-23-19(25)15-5-4-6-16(11-15)28(26,27)24-9-2-3-10-24/h4-8,11-12H,2-3,9-10H2,1H3,(H,23,25)/b22-13+. The van der Waals surface area contributed by atoms with Crippen LogP contribution in [0.5, 0.6) is 0 Å². The van der Waals surface area contributed by atoms with Crippen molar-refractivity contribution in [2.45, 2.75) is 24.7 Å². The van der Waals surface area contributed by atoms with E-state index in [1.54, 1.807) is 37.3 Å². The summed E-state index contributed by atoms with van der Waals surface area (Å²) in [5, 5.41) is 4.88. The smallest absolute Gasteiger partial charge is 0.267 e. The average molecular weight is 440 g/mol. The summed E-state index contributed by atoms with van der Waals surface area (Å²) in [5.74, 6) is -0.502. The Balaban J connectivity index is 1.76. The second-order valence-electron chi connectivity index (χ2n) is 6.41. The molecular weight excluding hydrogens is 421 g/mol. The zero-order valence-corrected chi connectivity index (χ0v) is 17.5. The number of amides is 1. The van der Waals surface area contributed by atoms with E-state index in [1.165, 1.54) is 16.4 Å². The number of nitrogens with one attached hydrogen (secondary N) is 1. The quantitative estimate of drug-likeness (QED) is 0.565. The summed E-state index contributed by atoms with van der Waals surface area (Å²) in [6.07, 6.45) is 1.70. The maximum atomic E-state index is 12.7. The number of rotatable bonds is 5. The highest BCUT2D eigenvalue weighted by atomic mass is 35.5. The van der Waals surface area contributed by atoms with Gasteiger partial charge in [0.25, 0.3) is 5.91 Å². The first kappa shape index (κ1) is 20.8. The summed E-state index contributed by atoms with van der Waals surface area (Å²) in [5.41, 5.74) is 3.90. The van der Waals surface area contributed by atoms with E-state index in [2.05, 4.69) is 10.5 Å². The Hall–Kier alpha value is -1.93. The Morgan fingerprint density at radius 1 is 1.04 bits per heavy atom. The number of hydrogen-bond donors (Lipinski definition) is 1. The zero-order chi connectivity index (χ0) is 20.3. The van der Waals surface area contributed by atoms with Gasteiger partial charge in [-0.05, 0) is 55.7 Å². The summed E-state index contributed by atoms with van der Waals surface area (Å²) < 4.78 is 26.8. The van der Waals surface area contributed by atoms with Crippen molar-refractivity contribution in [1.82, 2.24) is 9.73 Å². The monoisotopic (exact) mass is 439 g/mol. The molecule has 1 amide bonds. The van der Waals surface area contributed by atoms with Crippen molar-refractivity contribution in [2.75, 3.05) is 13.1 Å². The number of carbonyl (C=O) groups excluding carboxylic acids is 1. The van der Waals surface area contributed by atoms with Crippen LogP contribution in [0.2, 0.25) is 10.0 Å². The molecule has 1 heterocycles. The number of halogens is 2.